The lowest BCUT2D eigenvalue weighted by Gasteiger charge is -2.17. The molecule has 0 spiro atoms. The van der Waals surface area contributed by atoms with Gasteiger partial charge in [0.1, 0.15) is 17.7 Å². The molecule has 2 aromatic heterocycles. The summed E-state index contributed by atoms with van der Waals surface area (Å²) in [5.74, 6) is -0.0794. The molecule has 0 saturated heterocycles. The Morgan fingerprint density at radius 1 is 1.30 bits per heavy atom. The van der Waals surface area contributed by atoms with E-state index in [0.29, 0.717) is 18.1 Å². The predicted octanol–water partition coefficient (Wildman–Crippen LogP) is 2.10. The number of anilines is 3. The highest BCUT2D eigenvalue weighted by atomic mass is 16.1. The van der Waals surface area contributed by atoms with E-state index in [-0.39, 0.29) is 23.0 Å². The molecule has 136 valence electrons. The quantitative estimate of drug-likeness (QED) is 0.526. The molecular weight excluding hydrogens is 342 g/mol. The number of nitrogens with zero attached hydrogens (tertiary/aromatic N) is 3. The van der Waals surface area contributed by atoms with Gasteiger partial charge in [0.05, 0.1) is 16.6 Å². The number of nitrogens with two attached hydrogens (primary N) is 2. The van der Waals surface area contributed by atoms with Crippen molar-refractivity contribution >= 4 is 34.1 Å². The smallest absolute Gasteiger partial charge is 0.252 e. The highest BCUT2D eigenvalue weighted by Gasteiger charge is 2.17. The zero-order valence-corrected chi connectivity index (χ0v) is 14.7. The van der Waals surface area contributed by atoms with Crippen LogP contribution < -0.4 is 22.1 Å². The maximum Gasteiger partial charge on any atom is 0.252 e. The summed E-state index contributed by atoms with van der Waals surface area (Å²) in [6, 6.07) is 12.7. The van der Waals surface area contributed by atoms with Crippen molar-refractivity contribution in [3.63, 3.8) is 0 Å². The van der Waals surface area contributed by atoms with Crippen LogP contribution in [0.3, 0.4) is 0 Å². The Hall–Kier alpha value is -3.70. The maximum atomic E-state index is 11.9. The van der Waals surface area contributed by atoms with Gasteiger partial charge in [-0.1, -0.05) is 6.07 Å². The van der Waals surface area contributed by atoms with Gasteiger partial charge in [0.25, 0.3) is 5.91 Å². The lowest BCUT2D eigenvalue weighted by atomic mass is 10.1. The van der Waals surface area contributed by atoms with E-state index in [2.05, 4.69) is 20.6 Å². The number of benzene rings is 1. The first-order valence-electron chi connectivity index (χ1n) is 8.35. The molecule has 0 saturated carbocycles. The van der Waals surface area contributed by atoms with Crippen LogP contribution in [-0.2, 0) is 0 Å². The molecule has 0 radical (unpaired) electrons. The van der Waals surface area contributed by atoms with E-state index in [1.54, 1.807) is 6.20 Å². The van der Waals surface area contributed by atoms with Gasteiger partial charge in [-0.05, 0) is 37.3 Å². The number of carbonyl (C=O) groups is 1. The Morgan fingerprint density at radius 3 is 2.81 bits per heavy atom. The number of fused-ring (bicyclic) bond motifs is 1. The Morgan fingerprint density at radius 2 is 2.11 bits per heavy atom. The zero-order chi connectivity index (χ0) is 19.4. The molecule has 0 aliphatic carbocycles. The number of rotatable bonds is 6. The van der Waals surface area contributed by atoms with Crippen molar-refractivity contribution in [3.8, 4) is 6.07 Å². The number of aromatic nitrogens is 2. The minimum absolute atomic E-state index is 0.0939. The predicted molar refractivity (Wildman–Crippen MR) is 105 cm³/mol. The highest BCUT2D eigenvalue weighted by Crippen LogP contribution is 2.26. The largest absolute Gasteiger partial charge is 0.365 e. The first-order valence-corrected chi connectivity index (χ1v) is 8.35. The Kier molecular flexibility index (Phi) is 5.15. The number of nitrogens with one attached hydrogen (secondary N) is 2. The van der Waals surface area contributed by atoms with Crippen molar-refractivity contribution in [1.82, 2.24) is 9.97 Å². The fourth-order valence-electron chi connectivity index (χ4n) is 2.57. The summed E-state index contributed by atoms with van der Waals surface area (Å²) in [6.45, 7) is 2.23. The Balaban J connectivity index is 2.04. The summed E-state index contributed by atoms with van der Waals surface area (Å²) in [4.78, 5) is 20.6. The van der Waals surface area contributed by atoms with E-state index in [1.807, 2.05) is 43.3 Å². The number of hydrogen-bond acceptors (Lipinski definition) is 7. The molecule has 0 aliphatic rings. The number of hydrogen-bond donors (Lipinski definition) is 4. The van der Waals surface area contributed by atoms with Gasteiger partial charge < -0.3 is 22.1 Å². The molecule has 3 aromatic rings. The molecule has 0 unspecified atom stereocenters. The molecular formula is C19H19N7O. The molecule has 8 nitrogen and oxygen atoms in total. The van der Waals surface area contributed by atoms with Crippen LogP contribution in [0.1, 0.15) is 22.8 Å². The van der Waals surface area contributed by atoms with Gasteiger partial charge in [-0.2, -0.15) is 5.26 Å². The summed E-state index contributed by atoms with van der Waals surface area (Å²) in [7, 11) is 0. The topological polar surface area (TPSA) is 143 Å². The average Bonchev–Trinajstić information content (AvgIpc) is 2.67. The fraction of sp³-hybridized carbons (Fsp3) is 0.158. The highest BCUT2D eigenvalue weighted by molar-refractivity contribution is 5.99. The van der Waals surface area contributed by atoms with E-state index >= 15 is 0 Å². The van der Waals surface area contributed by atoms with E-state index in [0.717, 1.165) is 10.9 Å². The summed E-state index contributed by atoms with van der Waals surface area (Å²) < 4.78 is 0. The van der Waals surface area contributed by atoms with Gasteiger partial charge in [-0.15, -0.1) is 0 Å². The first-order chi connectivity index (χ1) is 13.0. The normalized spacial score (nSPS) is 11.6. The summed E-state index contributed by atoms with van der Waals surface area (Å²) in [5.41, 5.74) is 13.0. The molecule has 8 heteroatoms. The van der Waals surface area contributed by atoms with Gasteiger partial charge in [-0.3, -0.25) is 9.78 Å². The summed E-state index contributed by atoms with van der Waals surface area (Å²) in [6.07, 6.45) is 1.72. The second kappa shape index (κ2) is 7.68. The first kappa shape index (κ1) is 18.1. The van der Waals surface area contributed by atoms with E-state index in [1.165, 1.54) is 6.07 Å². The summed E-state index contributed by atoms with van der Waals surface area (Å²) >= 11 is 0. The van der Waals surface area contributed by atoms with Crippen LogP contribution in [0.25, 0.3) is 10.9 Å². The van der Waals surface area contributed by atoms with Crippen LogP contribution in [0.4, 0.5) is 17.3 Å². The molecule has 0 aliphatic heterocycles. The molecule has 3 rings (SSSR count). The van der Waals surface area contributed by atoms with Crippen LogP contribution in [0.5, 0.6) is 0 Å². The van der Waals surface area contributed by atoms with Crippen molar-refractivity contribution in [1.29, 1.82) is 5.26 Å². The van der Waals surface area contributed by atoms with E-state index < -0.39 is 5.91 Å². The Labute approximate surface area is 156 Å². The third kappa shape index (κ3) is 3.94. The van der Waals surface area contributed by atoms with Crippen LogP contribution in [0.15, 0.2) is 42.6 Å². The molecule has 6 N–H and O–H groups in total. The fourth-order valence-corrected chi connectivity index (χ4v) is 2.57. The molecule has 1 amide bonds. The monoisotopic (exact) mass is 361 g/mol. The minimum atomic E-state index is -0.678. The second-order valence-electron chi connectivity index (χ2n) is 6.07. The number of primary amides is 1. The SMILES string of the molecule is C[C@H](CN)Nc1nc(Nc2ccc3ncccc3c2)c(C(N)=O)cc1C#N. The molecule has 0 fully saturated rings. The summed E-state index contributed by atoms with van der Waals surface area (Å²) in [5, 5.41) is 16.5. The van der Waals surface area contributed by atoms with Gasteiger partial charge in [-0.25, -0.2) is 4.98 Å². The van der Waals surface area contributed by atoms with E-state index in [9.17, 15) is 10.1 Å². The molecule has 2 heterocycles. The van der Waals surface area contributed by atoms with Crippen molar-refractivity contribution in [3.05, 3.63) is 53.7 Å². The van der Waals surface area contributed by atoms with Crippen LogP contribution >= 0.6 is 0 Å². The van der Waals surface area contributed by atoms with Gasteiger partial charge in [0.2, 0.25) is 0 Å². The van der Waals surface area contributed by atoms with Gasteiger partial charge >= 0.3 is 0 Å². The van der Waals surface area contributed by atoms with Crippen LogP contribution in [-0.4, -0.2) is 28.5 Å². The standard InChI is InChI=1S/C19H19N7O/c1-11(9-20)24-18-13(10-21)8-15(17(22)27)19(26-18)25-14-4-5-16-12(7-14)3-2-6-23-16/h2-8,11H,9,20H2,1H3,(H2,22,27)(H2,24,25,26)/t11-/m1/s1. The molecule has 1 atom stereocenters. The number of nitriles is 1. The van der Waals surface area contributed by atoms with Gasteiger partial charge in [0.15, 0.2) is 0 Å². The third-order valence-electron chi connectivity index (χ3n) is 4.01. The molecule has 0 bridgehead atoms. The number of pyridine rings is 2. The number of carbonyl (C=O) groups excluding carboxylic acids is 1. The molecule has 1 aromatic carbocycles. The van der Waals surface area contributed by atoms with Crippen molar-refractivity contribution in [2.75, 3.05) is 17.2 Å². The maximum absolute atomic E-state index is 11.9. The van der Waals surface area contributed by atoms with E-state index in [4.69, 9.17) is 11.5 Å². The zero-order valence-electron chi connectivity index (χ0n) is 14.7. The Bertz CT molecular complexity index is 1040. The lowest BCUT2D eigenvalue weighted by Crippen LogP contribution is -2.26. The van der Waals surface area contributed by atoms with Crippen molar-refractivity contribution in [2.24, 2.45) is 11.5 Å². The minimum Gasteiger partial charge on any atom is -0.365 e. The number of amides is 1. The van der Waals surface area contributed by atoms with Crippen molar-refractivity contribution < 1.29 is 4.79 Å². The van der Waals surface area contributed by atoms with Crippen molar-refractivity contribution in [2.45, 2.75) is 13.0 Å². The van der Waals surface area contributed by atoms with Gasteiger partial charge in [0, 0.05) is 29.9 Å². The second-order valence-corrected chi connectivity index (χ2v) is 6.07. The average molecular weight is 361 g/mol. The van der Waals surface area contributed by atoms with Crippen LogP contribution in [0.2, 0.25) is 0 Å². The third-order valence-corrected chi connectivity index (χ3v) is 4.01. The lowest BCUT2D eigenvalue weighted by molar-refractivity contribution is 0.100. The van der Waals surface area contributed by atoms with Crippen LogP contribution in [0, 0.1) is 11.3 Å². The molecule has 27 heavy (non-hydrogen) atoms.